The highest BCUT2D eigenvalue weighted by atomic mass is 16.3. The Labute approximate surface area is 135 Å². The molecule has 0 radical (unpaired) electrons. The molecular weight excluding hydrogens is 288 g/mol. The molecule has 1 amide bonds. The minimum atomic E-state index is 0.0463. The van der Waals surface area contributed by atoms with Crippen LogP contribution in [0.2, 0.25) is 0 Å². The van der Waals surface area contributed by atoms with E-state index in [1.807, 2.05) is 30.0 Å². The van der Waals surface area contributed by atoms with Crippen molar-refractivity contribution in [1.82, 2.24) is 9.88 Å². The number of hydrogen-bond acceptors (Lipinski definition) is 2. The fourth-order valence-electron chi connectivity index (χ4n) is 3.58. The van der Waals surface area contributed by atoms with Crippen molar-refractivity contribution in [2.24, 2.45) is 0 Å². The van der Waals surface area contributed by atoms with E-state index >= 15 is 0 Å². The van der Waals surface area contributed by atoms with Crippen LogP contribution in [0, 0.1) is 13.8 Å². The summed E-state index contributed by atoms with van der Waals surface area (Å²) in [6, 6.07) is 10.1. The number of carbonyl (C=O) groups is 1. The zero-order chi connectivity index (χ0) is 16.0. The van der Waals surface area contributed by atoms with Crippen molar-refractivity contribution in [2.45, 2.75) is 32.7 Å². The topological polar surface area (TPSA) is 49.2 Å². The molecule has 4 nitrogen and oxygen atoms in total. The number of aryl methyl sites for hydroxylation is 2. The van der Waals surface area contributed by atoms with Gasteiger partial charge in [-0.05, 0) is 56.5 Å². The SMILES string of the molecule is Cc1ccc2[nH]c(C(=O)N3CCC[C@H]3c3ccco3)c(C)c2c1. The van der Waals surface area contributed by atoms with E-state index in [2.05, 4.69) is 24.0 Å². The molecule has 0 aliphatic carbocycles. The number of nitrogens with one attached hydrogen (secondary N) is 1. The van der Waals surface area contributed by atoms with Gasteiger partial charge in [0.15, 0.2) is 0 Å². The fourth-order valence-corrected chi connectivity index (χ4v) is 3.58. The molecule has 1 aliphatic heterocycles. The molecule has 0 saturated carbocycles. The van der Waals surface area contributed by atoms with Gasteiger partial charge in [-0.2, -0.15) is 0 Å². The Balaban J connectivity index is 1.73. The Bertz CT molecular complexity index is 861. The maximum atomic E-state index is 13.1. The van der Waals surface area contributed by atoms with E-state index in [0.717, 1.165) is 41.6 Å². The standard InChI is InChI=1S/C19H20N2O2/c1-12-7-8-15-14(11-12)13(2)18(20-15)19(22)21-9-3-5-16(21)17-6-4-10-23-17/h4,6-8,10-11,16,20H,3,5,9H2,1-2H3/t16-/m0/s1. The number of benzene rings is 1. The Morgan fingerprint density at radius 2 is 2.17 bits per heavy atom. The van der Waals surface area contributed by atoms with E-state index < -0.39 is 0 Å². The first kappa shape index (κ1) is 14.1. The molecule has 1 aliphatic rings. The van der Waals surface area contributed by atoms with E-state index in [1.54, 1.807) is 6.26 Å². The van der Waals surface area contributed by atoms with Gasteiger partial charge in [-0.25, -0.2) is 0 Å². The summed E-state index contributed by atoms with van der Waals surface area (Å²) in [6.45, 7) is 4.86. The molecule has 4 heteroatoms. The predicted molar refractivity (Wildman–Crippen MR) is 89.5 cm³/mol. The first-order valence-electron chi connectivity index (χ1n) is 8.08. The molecule has 3 heterocycles. The van der Waals surface area contributed by atoms with E-state index in [-0.39, 0.29) is 11.9 Å². The summed E-state index contributed by atoms with van der Waals surface area (Å²) in [7, 11) is 0. The fraction of sp³-hybridized carbons (Fsp3) is 0.316. The highest BCUT2D eigenvalue weighted by Crippen LogP contribution is 2.34. The van der Waals surface area contributed by atoms with Crippen LogP contribution in [0.15, 0.2) is 41.0 Å². The van der Waals surface area contributed by atoms with E-state index in [4.69, 9.17) is 4.42 Å². The van der Waals surface area contributed by atoms with Crippen molar-refractivity contribution in [1.29, 1.82) is 0 Å². The number of carbonyl (C=O) groups excluding carboxylic acids is 1. The van der Waals surface area contributed by atoms with E-state index in [9.17, 15) is 4.79 Å². The van der Waals surface area contributed by atoms with Crippen molar-refractivity contribution >= 4 is 16.8 Å². The van der Waals surface area contributed by atoms with Crippen LogP contribution in [0.1, 0.15) is 46.3 Å². The minimum Gasteiger partial charge on any atom is -0.467 e. The van der Waals surface area contributed by atoms with Gasteiger partial charge in [0.2, 0.25) is 0 Å². The largest absolute Gasteiger partial charge is 0.467 e. The Morgan fingerprint density at radius 3 is 2.96 bits per heavy atom. The molecule has 23 heavy (non-hydrogen) atoms. The summed E-state index contributed by atoms with van der Waals surface area (Å²) in [5, 5.41) is 1.13. The van der Waals surface area contributed by atoms with Crippen LogP contribution < -0.4 is 0 Å². The zero-order valence-corrected chi connectivity index (χ0v) is 13.4. The van der Waals surface area contributed by atoms with E-state index in [1.165, 1.54) is 5.56 Å². The summed E-state index contributed by atoms with van der Waals surface area (Å²) < 4.78 is 5.53. The average molecular weight is 308 g/mol. The molecule has 0 bridgehead atoms. The number of H-pyrrole nitrogens is 1. The van der Waals surface area contributed by atoms with Gasteiger partial charge < -0.3 is 14.3 Å². The highest BCUT2D eigenvalue weighted by Gasteiger charge is 2.33. The van der Waals surface area contributed by atoms with Crippen molar-refractivity contribution < 1.29 is 9.21 Å². The van der Waals surface area contributed by atoms with Crippen LogP contribution >= 0.6 is 0 Å². The summed E-state index contributed by atoms with van der Waals surface area (Å²) in [5.41, 5.74) is 3.95. The maximum absolute atomic E-state index is 13.1. The van der Waals surface area contributed by atoms with Gasteiger partial charge in [0.1, 0.15) is 11.5 Å². The molecule has 118 valence electrons. The number of fused-ring (bicyclic) bond motifs is 1. The van der Waals surface area contributed by atoms with E-state index in [0.29, 0.717) is 5.69 Å². The van der Waals surface area contributed by atoms with Gasteiger partial charge in [0.05, 0.1) is 12.3 Å². The van der Waals surface area contributed by atoms with Crippen LogP contribution in [-0.2, 0) is 0 Å². The normalized spacial score (nSPS) is 18.0. The third-order valence-electron chi connectivity index (χ3n) is 4.81. The number of aromatic nitrogens is 1. The van der Waals surface area contributed by atoms with Crippen LogP contribution in [0.5, 0.6) is 0 Å². The summed E-state index contributed by atoms with van der Waals surface area (Å²) in [5.74, 6) is 0.940. The second-order valence-corrected chi connectivity index (χ2v) is 6.35. The average Bonchev–Trinajstić information content (AvgIpc) is 3.26. The maximum Gasteiger partial charge on any atom is 0.271 e. The lowest BCUT2D eigenvalue weighted by atomic mass is 10.1. The van der Waals surface area contributed by atoms with Crippen molar-refractivity contribution in [3.05, 3.63) is 59.2 Å². The van der Waals surface area contributed by atoms with Crippen LogP contribution in [0.25, 0.3) is 10.9 Å². The molecule has 1 atom stereocenters. The number of rotatable bonds is 2. The molecule has 0 spiro atoms. The lowest BCUT2D eigenvalue weighted by Gasteiger charge is -2.23. The third-order valence-corrected chi connectivity index (χ3v) is 4.81. The first-order chi connectivity index (χ1) is 11.1. The van der Waals surface area contributed by atoms with Gasteiger partial charge >= 0.3 is 0 Å². The monoisotopic (exact) mass is 308 g/mol. The number of aromatic amines is 1. The second kappa shape index (κ2) is 5.30. The smallest absolute Gasteiger partial charge is 0.271 e. The number of likely N-dealkylation sites (tertiary alicyclic amines) is 1. The summed E-state index contributed by atoms with van der Waals surface area (Å²) in [6.07, 6.45) is 3.64. The van der Waals surface area contributed by atoms with Crippen LogP contribution in [0.3, 0.4) is 0 Å². The quantitative estimate of drug-likeness (QED) is 0.765. The lowest BCUT2D eigenvalue weighted by molar-refractivity contribution is 0.0714. The van der Waals surface area contributed by atoms with Crippen molar-refractivity contribution in [2.75, 3.05) is 6.54 Å². The molecule has 1 N–H and O–H groups in total. The molecule has 1 saturated heterocycles. The molecule has 4 rings (SSSR count). The van der Waals surface area contributed by atoms with Crippen molar-refractivity contribution in [3.63, 3.8) is 0 Å². The van der Waals surface area contributed by atoms with Crippen molar-refractivity contribution in [3.8, 4) is 0 Å². The third kappa shape index (κ3) is 2.25. The number of furan rings is 1. The zero-order valence-electron chi connectivity index (χ0n) is 13.4. The van der Waals surface area contributed by atoms with Gasteiger partial charge in [-0.15, -0.1) is 0 Å². The molecule has 1 fully saturated rings. The first-order valence-corrected chi connectivity index (χ1v) is 8.08. The summed E-state index contributed by atoms with van der Waals surface area (Å²) >= 11 is 0. The second-order valence-electron chi connectivity index (χ2n) is 6.35. The van der Waals surface area contributed by atoms with Crippen LogP contribution in [0.4, 0.5) is 0 Å². The van der Waals surface area contributed by atoms with Gasteiger partial charge in [0.25, 0.3) is 5.91 Å². The highest BCUT2D eigenvalue weighted by molar-refractivity contribution is 6.01. The molecule has 2 aromatic heterocycles. The minimum absolute atomic E-state index is 0.0463. The number of hydrogen-bond donors (Lipinski definition) is 1. The predicted octanol–water partition coefficient (Wildman–Crippen LogP) is 4.36. The molecular formula is C19H20N2O2. The lowest BCUT2D eigenvalue weighted by Crippen LogP contribution is -2.31. The molecule has 1 aromatic carbocycles. The Kier molecular flexibility index (Phi) is 3.26. The Hall–Kier alpha value is -2.49. The van der Waals surface area contributed by atoms with Gasteiger partial charge in [0, 0.05) is 17.4 Å². The number of nitrogens with zero attached hydrogens (tertiary/aromatic N) is 1. The molecule has 3 aromatic rings. The summed E-state index contributed by atoms with van der Waals surface area (Å²) in [4.78, 5) is 18.3. The van der Waals surface area contributed by atoms with Gasteiger partial charge in [-0.3, -0.25) is 4.79 Å². The Morgan fingerprint density at radius 1 is 1.30 bits per heavy atom. The molecule has 0 unspecified atom stereocenters. The van der Waals surface area contributed by atoms with Crippen LogP contribution in [-0.4, -0.2) is 22.3 Å². The van der Waals surface area contributed by atoms with Gasteiger partial charge in [-0.1, -0.05) is 11.6 Å². The number of amides is 1.